The highest BCUT2D eigenvalue weighted by molar-refractivity contribution is 6.31. The molecule has 0 spiro atoms. The Hall–Kier alpha value is -0.900. The van der Waals surface area contributed by atoms with Gasteiger partial charge in [0.2, 0.25) is 0 Å². The Morgan fingerprint density at radius 1 is 1.52 bits per heavy atom. The van der Waals surface area contributed by atoms with E-state index < -0.39 is 0 Å². The minimum absolute atomic E-state index is 0.128. The van der Waals surface area contributed by atoms with E-state index in [-0.39, 0.29) is 17.9 Å². The van der Waals surface area contributed by atoms with E-state index in [0.29, 0.717) is 10.6 Å². The predicted octanol–water partition coefficient (Wildman–Crippen LogP) is 3.80. The molecule has 3 nitrogen and oxygen atoms in total. The van der Waals surface area contributed by atoms with E-state index in [1.165, 1.54) is 0 Å². The van der Waals surface area contributed by atoms with Crippen molar-refractivity contribution in [2.24, 2.45) is 0 Å². The Morgan fingerprint density at radius 2 is 2.33 bits per heavy atom. The fourth-order valence-corrected chi connectivity index (χ4v) is 2.98. The van der Waals surface area contributed by atoms with Gasteiger partial charge in [0.25, 0.3) is 0 Å². The van der Waals surface area contributed by atoms with E-state index in [1.54, 1.807) is 12.1 Å². The van der Waals surface area contributed by atoms with E-state index >= 15 is 0 Å². The molecule has 116 valence electrons. The van der Waals surface area contributed by atoms with Crippen LogP contribution >= 0.6 is 11.6 Å². The maximum absolute atomic E-state index is 12.6. The van der Waals surface area contributed by atoms with Gasteiger partial charge in [0, 0.05) is 23.7 Å². The van der Waals surface area contributed by atoms with Gasteiger partial charge in [-0.2, -0.15) is 0 Å². The van der Waals surface area contributed by atoms with Crippen LogP contribution in [0.5, 0.6) is 0 Å². The van der Waals surface area contributed by atoms with Gasteiger partial charge in [-0.05, 0) is 44.9 Å². The Kier molecular flexibility index (Phi) is 6.22. The van der Waals surface area contributed by atoms with Crippen LogP contribution in [0.4, 0.5) is 0 Å². The number of carbonyl (C=O) groups is 1. The van der Waals surface area contributed by atoms with E-state index in [9.17, 15) is 4.79 Å². The number of benzene rings is 1. The van der Waals surface area contributed by atoms with Crippen LogP contribution in [0.2, 0.25) is 5.02 Å². The lowest BCUT2D eigenvalue weighted by Gasteiger charge is -2.36. The first-order valence-electron chi connectivity index (χ1n) is 7.77. The number of piperidine rings is 1. The number of hydrogen-bond acceptors (Lipinski definition) is 3. The molecule has 0 N–H and O–H groups in total. The quantitative estimate of drug-likeness (QED) is 0.749. The van der Waals surface area contributed by atoms with Crippen molar-refractivity contribution in [3.05, 3.63) is 34.9 Å². The van der Waals surface area contributed by atoms with Crippen LogP contribution in [-0.4, -0.2) is 42.5 Å². The van der Waals surface area contributed by atoms with Gasteiger partial charge in [-0.25, -0.2) is 0 Å². The minimum atomic E-state index is -0.128. The highest BCUT2D eigenvalue weighted by atomic mass is 35.5. The number of carbonyl (C=O) groups excluding carboxylic acids is 1. The molecule has 21 heavy (non-hydrogen) atoms. The van der Waals surface area contributed by atoms with Crippen LogP contribution in [0.3, 0.4) is 0 Å². The standard InChI is InChI=1S/C17H24ClNO2/c1-3-10-21-16-8-5-9-19(12-16)13(2)17(20)14-6-4-7-15(18)11-14/h4,6-7,11,13,16H,3,5,8-10,12H2,1-2H3. The van der Waals surface area contributed by atoms with Crippen molar-refractivity contribution in [2.75, 3.05) is 19.7 Å². The summed E-state index contributed by atoms with van der Waals surface area (Å²) in [7, 11) is 0. The second-order valence-corrected chi connectivity index (χ2v) is 6.12. The molecule has 0 bridgehead atoms. The number of likely N-dealkylation sites (tertiary alicyclic amines) is 1. The second kappa shape index (κ2) is 7.92. The summed E-state index contributed by atoms with van der Waals surface area (Å²) >= 11 is 5.97. The summed E-state index contributed by atoms with van der Waals surface area (Å²) in [5, 5.41) is 0.607. The first kappa shape index (κ1) is 16.5. The van der Waals surface area contributed by atoms with Crippen LogP contribution in [0.15, 0.2) is 24.3 Å². The van der Waals surface area contributed by atoms with Crippen LogP contribution in [-0.2, 0) is 4.74 Å². The van der Waals surface area contributed by atoms with Gasteiger partial charge in [-0.1, -0.05) is 30.7 Å². The molecular formula is C17H24ClNO2. The van der Waals surface area contributed by atoms with E-state index in [4.69, 9.17) is 16.3 Å². The molecule has 0 aromatic heterocycles. The minimum Gasteiger partial charge on any atom is -0.377 e. The fourth-order valence-electron chi connectivity index (χ4n) is 2.79. The van der Waals surface area contributed by atoms with Gasteiger partial charge < -0.3 is 4.74 Å². The Balaban J connectivity index is 1.98. The summed E-state index contributed by atoms with van der Waals surface area (Å²) in [6, 6.07) is 7.07. The lowest BCUT2D eigenvalue weighted by atomic mass is 10.0. The number of halogens is 1. The normalized spacial score (nSPS) is 21.2. The lowest BCUT2D eigenvalue weighted by Crippen LogP contribution is -2.47. The molecule has 2 rings (SSSR count). The Labute approximate surface area is 132 Å². The molecule has 1 heterocycles. The number of nitrogens with zero attached hydrogens (tertiary/aromatic N) is 1. The first-order chi connectivity index (χ1) is 10.1. The SMILES string of the molecule is CCCOC1CCCN(C(C)C(=O)c2cccc(Cl)c2)C1. The molecule has 0 aliphatic carbocycles. The van der Waals surface area contributed by atoms with Crippen LogP contribution in [0.1, 0.15) is 43.5 Å². The van der Waals surface area contributed by atoms with Crippen molar-refractivity contribution < 1.29 is 9.53 Å². The highest BCUT2D eigenvalue weighted by Gasteiger charge is 2.28. The third-order valence-corrected chi connectivity index (χ3v) is 4.24. The molecule has 2 atom stereocenters. The zero-order chi connectivity index (χ0) is 15.2. The van der Waals surface area contributed by atoms with Crippen molar-refractivity contribution in [3.63, 3.8) is 0 Å². The van der Waals surface area contributed by atoms with E-state index in [2.05, 4.69) is 11.8 Å². The molecule has 1 aromatic rings. The van der Waals surface area contributed by atoms with Gasteiger partial charge in [-0.15, -0.1) is 0 Å². The van der Waals surface area contributed by atoms with Crippen molar-refractivity contribution >= 4 is 17.4 Å². The molecule has 1 saturated heterocycles. The summed E-state index contributed by atoms with van der Waals surface area (Å²) in [6.07, 6.45) is 3.47. The third-order valence-electron chi connectivity index (χ3n) is 4.00. The fraction of sp³-hybridized carbons (Fsp3) is 0.588. The molecule has 2 unspecified atom stereocenters. The van der Waals surface area contributed by atoms with Crippen molar-refractivity contribution in [1.29, 1.82) is 0 Å². The summed E-state index contributed by atoms with van der Waals surface area (Å²) < 4.78 is 5.84. The van der Waals surface area contributed by atoms with Gasteiger partial charge in [0.1, 0.15) is 0 Å². The second-order valence-electron chi connectivity index (χ2n) is 5.68. The third kappa shape index (κ3) is 4.53. The zero-order valence-electron chi connectivity index (χ0n) is 12.8. The highest BCUT2D eigenvalue weighted by Crippen LogP contribution is 2.19. The Bertz CT molecular complexity index is 478. The summed E-state index contributed by atoms with van der Waals surface area (Å²) in [5.74, 6) is 0.133. The van der Waals surface area contributed by atoms with Crippen LogP contribution in [0, 0.1) is 0 Å². The van der Waals surface area contributed by atoms with Crippen molar-refractivity contribution in [1.82, 2.24) is 4.90 Å². The smallest absolute Gasteiger partial charge is 0.179 e. The summed E-state index contributed by atoms with van der Waals surface area (Å²) in [6.45, 7) is 6.69. The number of ether oxygens (including phenoxy) is 1. The average molecular weight is 310 g/mol. The zero-order valence-corrected chi connectivity index (χ0v) is 13.6. The topological polar surface area (TPSA) is 29.5 Å². The molecule has 1 aliphatic heterocycles. The maximum Gasteiger partial charge on any atom is 0.179 e. The van der Waals surface area contributed by atoms with Gasteiger partial charge in [0.15, 0.2) is 5.78 Å². The van der Waals surface area contributed by atoms with Crippen molar-refractivity contribution in [2.45, 2.75) is 45.3 Å². The monoisotopic (exact) mass is 309 g/mol. The van der Waals surface area contributed by atoms with Crippen LogP contribution < -0.4 is 0 Å². The molecule has 0 saturated carbocycles. The number of ketones is 1. The molecule has 1 aliphatic rings. The van der Waals surface area contributed by atoms with Gasteiger partial charge in [0.05, 0.1) is 12.1 Å². The molecule has 1 aromatic carbocycles. The molecule has 0 radical (unpaired) electrons. The number of hydrogen-bond donors (Lipinski definition) is 0. The average Bonchev–Trinajstić information content (AvgIpc) is 2.51. The first-order valence-corrected chi connectivity index (χ1v) is 8.15. The number of rotatable bonds is 6. The molecule has 0 amide bonds. The Morgan fingerprint density at radius 3 is 3.05 bits per heavy atom. The van der Waals surface area contributed by atoms with Gasteiger partial charge >= 0.3 is 0 Å². The maximum atomic E-state index is 12.6. The molecular weight excluding hydrogens is 286 g/mol. The van der Waals surface area contributed by atoms with Gasteiger partial charge in [-0.3, -0.25) is 9.69 Å². The molecule has 4 heteroatoms. The molecule has 1 fully saturated rings. The summed E-state index contributed by atoms with van der Waals surface area (Å²) in [5.41, 5.74) is 0.687. The summed E-state index contributed by atoms with van der Waals surface area (Å²) in [4.78, 5) is 14.8. The number of Topliss-reactive ketones (excluding diaryl/α,β-unsaturated/α-hetero) is 1. The largest absolute Gasteiger partial charge is 0.377 e. The van der Waals surface area contributed by atoms with E-state index in [0.717, 1.165) is 39.0 Å². The predicted molar refractivity (Wildman–Crippen MR) is 86.1 cm³/mol. The van der Waals surface area contributed by atoms with E-state index in [1.807, 2.05) is 19.1 Å². The van der Waals surface area contributed by atoms with Crippen molar-refractivity contribution in [3.8, 4) is 0 Å². The van der Waals surface area contributed by atoms with Crippen LogP contribution in [0.25, 0.3) is 0 Å². The lowest BCUT2D eigenvalue weighted by molar-refractivity contribution is -0.00810.